The second-order valence-electron chi connectivity index (χ2n) is 32.1. The number of likely N-dealkylation sites (N-methyl/N-ethyl adjacent to an activating group) is 6. The molecule has 2 aliphatic rings. The van der Waals surface area contributed by atoms with Gasteiger partial charge in [0.25, 0.3) is 0 Å². The summed E-state index contributed by atoms with van der Waals surface area (Å²) in [5.41, 5.74) is -0.122. The molecule has 12 atom stereocenters. The molecular weight excluding hydrogens is 1420 g/mol. The maximum absolute atomic E-state index is 15.1. The molecule has 2 heterocycles. The number of carbonyl (C=O) groups is 12. The van der Waals surface area contributed by atoms with Gasteiger partial charge in [-0.3, -0.25) is 57.6 Å². The largest absolute Gasteiger partial charge is 0.414 e. The number of halogens is 3. The molecule has 2 saturated heterocycles. The van der Waals surface area contributed by atoms with Crippen molar-refractivity contribution in [2.75, 3.05) is 82.6 Å². The van der Waals surface area contributed by atoms with Gasteiger partial charge in [0.05, 0.1) is 30.8 Å². The molecular formula is C81H133F3N12O14. The molecule has 0 radical (unpaired) electrons. The highest BCUT2D eigenvalue weighted by Gasteiger charge is 2.46. The highest BCUT2D eigenvalue weighted by atomic mass is 19.4. The molecule has 4 N–H and O–H groups in total. The van der Waals surface area contributed by atoms with Gasteiger partial charge in [0.1, 0.15) is 60.7 Å². The number of allylic oxidation sites excluding steroid dienone is 7. The molecule has 0 aromatic heterocycles. The SMILES string of the molecule is C=C/C=C\C=C\C[C@@H](C(=O)N[C@H](C=O)COC(C)(C)C)N(C)C(=O)[C@H](C/C(C=C)=C/C=C)N(C)C(=O)[C@@H](NC(=O)[C@H](CC(C)C)N(C)C(=O)CCCN(C)C(=O)CC(NC(=O)[C@H](CC(C)C)N(C)C(=O)[C@@H]1CC(C)OC(C(F)(F)F)CCC[C@H](NC(=O)C(CC(C)C)N(C)C)C(=O)N1C)C(=O)N1CCCCC1)C(C)C. The fraction of sp³-hybridized carbons (Fsp3) is 0.704. The third kappa shape index (κ3) is 32.3. The second-order valence-corrected chi connectivity index (χ2v) is 32.1. The lowest BCUT2D eigenvalue weighted by Crippen LogP contribution is -2.60. The van der Waals surface area contributed by atoms with Crippen LogP contribution in [-0.2, 0) is 67.0 Å². The van der Waals surface area contributed by atoms with Crippen molar-refractivity contribution >= 4 is 71.3 Å². The molecule has 26 nitrogen and oxygen atoms in total. The summed E-state index contributed by atoms with van der Waals surface area (Å²) >= 11 is 0. The number of nitrogens with zero attached hydrogens (tertiary/aromatic N) is 8. The Balaban J connectivity index is 2.53. The number of hydrogen-bond donors (Lipinski definition) is 4. The molecule has 622 valence electrons. The van der Waals surface area contributed by atoms with Gasteiger partial charge in [-0.25, -0.2) is 0 Å². The van der Waals surface area contributed by atoms with E-state index in [1.807, 2.05) is 27.7 Å². The van der Waals surface area contributed by atoms with E-state index in [4.69, 9.17) is 9.47 Å². The molecule has 110 heavy (non-hydrogen) atoms. The van der Waals surface area contributed by atoms with Gasteiger partial charge in [-0.05, 0) is 142 Å². The molecule has 0 spiro atoms. The van der Waals surface area contributed by atoms with E-state index in [0.29, 0.717) is 44.2 Å². The predicted octanol–water partition coefficient (Wildman–Crippen LogP) is 7.73. The minimum Gasteiger partial charge on any atom is -0.373 e. The maximum Gasteiger partial charge on any atom is 0.414 e. The van der Waals surface area contributed by atoms with Crippen molar-refractivity contribution in [2.24, 2.45) is 23.7 Å². The minimum absolute atomic E-state index is 0.00283. The van der Waals surface area contributed by atoms with Gasteiger partial charge < -0.3 is 69.8 Å². The summed E-state index contributed by atoms with van der Waals surface area (Å²) in [6, 6.07) is -12.3. The first-order valence-electron chi connectivity index (χ1n) is 38.7. The Morgan fingerprint density at radius 3 is 1.75 bits per heavy atom. The summed E-state index contributed by atoms with van der Waals surface area (Å²) in [5.74, 6) is -8.11. The molecule has 0 bridgehead atoms. The minimum atomic E-state index is -4.81. The zero-order chi connectivity index (χ0) is 83.8. The number of aldehydes is 1. The van der Waals surface area contributed by atoms with Gasteiger partial charge in [-0.1, -0.05) is 124 Å². The van der Waals surface area contributed by atoms with Crippen LogP contribution in [0.4, 0.5) is 13.2 Å². The van der Waals surface area contributed by atoms with Gasteiger partial charge >= 0.3 is 6.18 Å². The highest BCUT2D eigenvalue weighted by Crippen LogP contribution is 2.31. The summed E-state index contributed by atoms with van der Waals surface area (Å²) in [4.78, 5) is 184. The lowest BCUT2D eigenvalue weighted by Gasteiger charge is -2.38. The van der Waals surface area contributed by atoms with E-state index in [2.05, 4.69) is 41.0 Å². The normalized spacial score (nSPS) is 19.3. The standard InChI is InChI=1S/C81H133F3N12O14/c1-24-27-28-29-31-38-61(71(100)85-58(50-97)51-109-80(13,14)15)92(20)78(107)66(48-57(26-3)36-25-2)95(23)79(108)70(55(10)11)88-74(103)63(45-53(6)7)91(19)68(98)40-35-41-90(18)69(99)49-60(76(105)96-42-32-30-33-43-96)87-73(102)64(46-54(8)9)93(21)77(106)65-47-56(12)110-67(81(82,83)84)39-34-37-59(75(104)94(65)22)86-72(101)62(89(16)17)44-52(4)5/h24-29,31,36,50,52-56,58-67,70H,1-3,30,32-35,37-49,51H2,4-23H3,(H,85,100)(H,86,101)(H,87,102)(H,88,103)/b28-27-,31-29+,57-36+/t56?,58-,59+,60?,61+,62?,63+,64+,65+,66+,67?,70+/m1/s1. The summed E-state index contributed by atoms with van der Waals surface area (Å²) in [5, 5.41) is 11.2. The van der Waals surface area contributed by atoms with Crippen molar-refractivity contribution in [3.63, 3.8) is 0 Å². The van der Waals surface area contributed by atoms with Crippen molar-refractivity contribution < 1.29 is 80.2 Å². The number of carbonyl (C=O) groups excluding carboxylic acids is 12. The third-order valence-electron chi connectivity index (χ3n) is 19.8. The van der Waals surface area contributed by atoms with Crippen molar-refractivity contribution in [1.29, 1.82) is 0 Å². The number of rotatable bonds is 41. The Bertz CT molecular complexity index is 3180. The van der Waals surface area contributed by atoms with E-state index in [0.717, 1.165) is 16.2 Å². The quantitative estimate of drug-likeness (QED) is 0.0336. The van der Waals surface area contributed by atoms with Crippen LogP contribution in [0.3, 0.4) is 0 Å². The Morgan fingerprint density at radius 1 is 0.655 bits per heavy atom. The van der Waals surface area contributed by atoms with E-state index in [1.54, 1.807) is 109 Å². The van der Waals surface area contributed by atoms with Crippen LogP contribution < -0.4 is 21.3 Å². The molecule has 0 aromatic rings. The number of piperidine rings is 1. The monoisotopic (exact) mass is 1560 g/mol. The van der Waals surface area contributed by atoms with Gasteiger partial charge in [0.2, 0.25) is 65.0 Å². The van der Waals surface area contributed by atoms with E-state index in [9.17, 15) is 56.3 Å². The molecule has 2 aliphatic heterocycles. The number of amides is 11. The van der Waals surface area contributed by atoms with E-state index in [-0.39, 0.29) is 82.3 Å². The summed E-state index contributed by atoms with van der Waals surface area (Å²) in [7, 11) is 11.8. The summed E-state index contributed by atoms with van der Waals surface area (Å²) in [6.45, 7) is 33.2. The smallest absolute Gasteiger partial charge is 0.373 e. The van der Waals surface area contributed by atoms with Crippen molar-refractivity contribution in [3.8, 4) is 0 Å². The lowest BCUT2D eigenvalue weighted by atomic mass is 9.97. The Kier molecular flexibility index (Phi) is 42.2. The third-order valence-corrected chi connectivity index (χ3v) is 19.8. The molecule has 0 aliphatic carbocycles. The number of likely N-dealkylation sites (tertiary alicyclic amines) is 1. The van der Waals surface area contributed by atoms with E-state index in [1.165, 1.54) is 81.0 Å². The van der Waals surface area contributed by atoms with Gasteiger partial charge in [-0.2, -0.15) is 13.2 Å². The number of nitrogens with one attached hydrogen (secondary N) is 4. The van der Waals surface area contributed by atoms with Crippen molar-refractivity contribution in [2.45, 2.75) is 264 Å². The van der Waals surface area contributed by atoms with Crippen LogP contribution in [0, 0.1) is 23.7 Å². The molecule has 0 aromatic carbocycles. The Labute approximate surface area is 653 Å². The van der Waals surface area contributed by atoms with E-state index < -0.39 is 175 Å². The lowest BCUT2D eigenvalue weighted by molar-refractivity contribution is -0.234. The maximum atomic E-state index is 15.1. The average molecular weight is 1560 g/mol. The molecule has 4 unspecified atom stereocenters. The topological polar surface area (TPSA) is 297 Å². The van der Waals surface area contributed by atoms with Gasteiger partial charge in [0, 0.05) is 81.2 Å². The second kappa shape index (κ2) is 47.3. The Hall–Kier alpha value is -8.05. The number of ether oxygens (including phenoxy) is 2. The fourth-order valence-electron chi connectivity index (χ4n) is 13.2. The van der Waals surface area contributed by atoms with Crippen LogP contribution in [0.25, 0.3) is 0 Å². The van der Waals surface area contributed by atoms with Crippen LogP contribution >= 0.6 is 0 Å². The Morgan fingerprint density at radius 2 is 1.22 bits per heavy atom. The first-order valence-corrected chi connectivity index (χ1v) is 38.7. The van der Waals surface area contributed by atoms with Crippen LogP contribution in [0.1, 0.15) is 179 Å². The van der Waals surface area contributed by atoms with Crippen LogP contribution in [0.5, 0.6) is 0 Å². The zero-order valence-corrected chi connectivity index (χ0v) is 69.4. The van der Waals surface area contributed by atoms with Gasteiger partial charge in [0.15, 0.2) is 6.10 Å². The van der Waals surface area contributed by atoms with E-state index >= 15 is 14.4 Å². The first kappa shape index (κ1) is 98.0. The molecule has 29 heteroatoms. The van der Waals surface area contributed by atoms with Crippen LogP contribution in [0.15, 0.2) is 73.9 Å². The number of alkyl halides is 3. The van der Waals surface area contributed by atoms with Crippen LogP contribution in [0.2, 0.25) is 0 Å². The average Bonchev–Trinajstić information content (AvgIpc) is 1.13. The van der Waals surface area contributed by atoms with Gasteiger partial charge in [-0.15, -0.1) is 0 Å². The predicted molar refractivity (Wildman–Crippen MR) is 420 cm³/mol. The molecule has 2 fully saturated rings. The highest BCUT2D eigenvalue weighted by molar-refractivity contribution is 5.98. The zero-order valence-electron chi connectivity index (χ0n) is 69.4. The first-order chi connectivity index (χ1) is 51.3. The molecule has 11 amide bonds. The van der Waals surface area contributed by atoms with Crippen molar-refractivity contribution in [1.82, 2.24) is 60.5 Å². The molecule has 2 rings (SSSR count). The van der Waals surface area contributed by atoms with Crippen molar-refractivity contribution in [3.05, 3.63) is 73.9 Å². The summed E-state index contributed by atoms with van der Waals surface area (Å²) in [6.07, 6.45) is 5.79. The fourth-order valence-corrected chi connectivity index (χ4v) is 13.2. The molecule has 0 saturated carbocycles. The summed E-state index contributed by atoms with van der Waals surface area (Å²) < 4.78 is 55.2. The van der Waals surface area contributed by atoms with Crippen LogP contribution in [-0.4, -0.2) is 277 Å². The number of hydrogen-bond acceptors (Lipinski definition) is 15.